The Morgan fingerprint density at radius 2 is 2.00 bits per heavy atom. The van der Waals surface area contributed by atoms with Crippen LogP contribution in [0.15, 0.2) is 0 Å². The van der Waals surface area contributed by atoms with E-state index in [1.54, 1.807) is 6.92 Å². The van der Waals surface area contributed by atoms with Gasteiger partial charge in [-0.3, -0.25) is 9.59 Å². The van der Waals surface area contributed by atoms with E-state index in [9.17, 15) is 9.59 Å². The molecular formula is C11H20N2O2. The highest BCUT2D eigenvalue weighted by Gasteiger charge is 2.30. The highest BCUT2D eigenvalue weighted by molar-refractivity contribution is 5.78. The predicted octanol–water partition coefficient (Wildman–Crippen LogP) is 0.769. The molecule has 0 aromatic heterocycles. The van der Waals surface area contributed by atoms with E-state index in [1.807, 2.05) is 18.7 Å². The molecule has 0 atom stereocenters. The molecule has 0 heterocycles. The molecule has 86 valence electrons. The zero-order chi connectivity index (χ0) is 11.4. The van der Waals surface area contributed by atoms with Gasteiger partial charge in [0.2, 0.25) is 11.8 Å². The van der Waals surface area contributed by atoms with Crippen molar-refractivity contribution in [2.75, 3.05) is 13.1 Å². The van der Waals surface area contributed by atoms with Gasteiger partial charge in [0.1, 0.15) is 0 Å². The average Bonchev–Trinajstić information content (AvgIpc) is 2.94. The number of carbonyl (C=O) groups excluding carboxylic acids is 2. The third kappa shape index (κ3) is 3.90. The summed E-state index contributed by atoms with van der Waals surface area (Å²) in [5, 5.41) is 2.82. The fraction of sp³-hybridized carbons (Fsp3) is 0.818. The van der Waals surface area contributed by atoms with Crippen LogP contribution in [0.4, 0.5) is 0 Å². The van der Waals surface area contributed by atoms with Crippen molar-refractivity contribution in [2.45, 2.75) is 39.7 Å². The summed E-state index contributed by atoms with van der Waals surface area (Å²) in [6, 6.07) is 0.429. The maximum absolute atomic E-state index is 11.3. The van der Waals surface area contributed by atoms with Gasteiger partial charge < -0.3 is 10.2 Å². The molecule has 1 N–H and O–H groups in total. The molecule has 0 aromatic rings. The number of hydrogen-bond acceptors (Lipinski definition) is 2. The van der Waals surface area contributed by atoms with Crippen LogP contribution in [-0.4, -0.2) is 35.8 Å². The highest BCUT2D eigenvalue weighted by atomic mass is 16.2. The molecule has 2 amide bonds. The Kier molecular flexibility index (Phi) is 4.12. The lowest BCUT2D eigenvalue weighted by Crippen LogP contribution is -2.39. The third-order valence-electron chi connectivity index (χ3n) is 2.57. The molecule has 0 bridgehead atoms. The average molecular weight is 212 g/mol. The lowest BCUT2D eigenvalue weighted by Gasteiger charge is -2.20. The van der Waals surface area contributed by atoms with Gasteiger partial charge in [0.15, 0.2) is 0 Å². The molecule has 0 aliphatic heterocycles. The smallest absolute Gasteiger partial charge is 0.222 e. The van der Waals surface area contributed by atoms with Gasteiger partial charge in [-0.15, -0.1) is 0 Å². The molecule has 1 aliphatic rings. The quantitative estimate of drug-likeness (QED) is 0.731. The monoisotopic (exact) mass is 212 g/mol. The summed E-state index contributed by atoms with van der Waals surface area (Å²) in [5.74, 6) is 0.169. The van der Waals surface area contributed by atoms with E-state index in [0.29, 0.717) is 19.1 Å². The van der Waals surface area contributed by atoms with E-state index < -0.39 is 0 Å². The van der Waals surface area contributed by atoms with Gasteiger partial charge in [0.05, 0.1) is 0 Å². The second-order valence-electron chi connectivity index (χ2n) is 4.39. The number of hydrogen-bond donors (Lipinski definition) is 1. The minimum absolute atomic E-state index is 0.0108. The van der Waals surface area contributed by atoms with Crippen LogP contribution in [0.2, 0.25) is 0 Å². The molecular weight excluding hydrogens is 192 g/mol. The second kappa shape index (κ2) is 5.14. The Morgan fingerprint density at radius 3 is 2.40 bits per heavy atom. The minimum Gasteiger partial charge on any atom is -0.354 e. The Bertz CT molecular complexity index is 247. The van der Waals surface area contributed by atoms with Crippen LogP contribution in [0.25, 0.3) is 0 Å². The van der Waals surface area contributed by atoms with Crippen molar-refractivity contribution in [3.05, 3.63) is 0 Å². The number of nitrogens with zero attached hydrogens (tertiary/aromatic N) is 1. The Labute approximate surface area is 91.0 Å². The van der Waals surface area contributed by atoms with Gasteiger partial charge in [-0.2, -0.15) is 0 Å². The third-order valence-corrected chi connectivity index (χ3v) is 2.57. The fourth-order valence-corrected chi connectivity index (χ4v) is 1.49. The van der Waals surface area contributed by atoms with Crippen LogP contribution in [0, 0.1) is 5.92 Å². The first-order chi connectivity index (χ1) is 7.02. The van der Waals surface area contributed by atoms with Crippen molar-refractivity contribution >= 4 is 11.8 Å². The molecule has 15 heavy (non-hydrogen) atoms. The molecule has 0 saturated heterocycles. The molecule has 4 heteroatoms. The summed E-state index contributed by atoms with van der Waals surface area (Å²) in [6.45, 7) is 6.51. The summed E-state index contributed by atoms with van der Waals surface area (Å²) in [5.41, 5.74) is 0. The zero-order valence-corrected chi connectivity index (χ0v) is 9.75. The van der Waals surface area contributed by atoms with E-state index in [-0.39, 0.29) is 17.7 Å². The van der Waals surface area contributed by atoms with Crippen molar-refractivity contribution in [3.8, 4) is 0 Å². The van der Waals surface area contributed by atoms with Crippen LogP contribution < -0.4 is 5.32 Å². The maximum atomic E-state index is 11.3. The fourth-order valence-electron chi connectivity index (χ4n) is 1.49. The standard InChI is InChI=1S/C11H20N2O2/c1-8(2)11(15)12-6-7-13(9(3)14)10-4-5-10/h8,10H,4-7H2,1-3H3,(H,12,15). The van der Waals surface area contributed by atoms with Gasteiger partial charge in [-0.1, -0.05) is 13.8 Å². The lowest BCUT2D eigenvalue weighted by atomic mass is 10.2. The van der Waals surface area contributed by atoms with Crippen LogP contribution in [0.1, 0.15) is 33.6 Å². The van der Waals surface area contributed by atoms with Crippen molar-refractivity contribution in [1.82, 2.24) is 10.2 Å². The molecule has 1 rings (SSSR count). The summed E-state index contributed by atoms with van der Waals surface area (Å²) in [4.78, 5) is 24.4. The van der Waals surface area contributed by atoms with E-state index in [4.69, 9.17) is 0 Å². The molecule has 1 fully saturated rings. The normalized spacial score (nSPS) is 15.2. The number of rotatable bonds is 5. The lowest BCUT2D eigenvalue weighted by molar-refractivity contribution is -0.130. The first-order valence-electron chi connectivity index (χ1n) is 5.57. The van der Waals surface area contributed by atoms with Gasteiger partial charge in [-0.05, 0) is 12.8 Å². The molecule has 0 unspecified atom stereocenters. The molecule has 0 radical (unpaired) electrons. The van der Waals surface area contributed by atoms with Crippen LogP contribution in [0.5, 0.6) is 0 Å². The maximum Gasteiger partial charge on any atom is 0.222 e. The molecule has 4 nitrogen and oxygen atoms in total. The van der Waals surface area contributed by atoms with Crippen molar-refractivity contribution in [2.24, 2.45) is 5.92 Å². The van der Waals surface area contributed by atoms with Gasteiger partial charge in [0, 0.05) is 32.0 Å². The largest absolute Gasteiger partial charge is 0.354 e. The zero-order valence-electron chi connectivity index (χ0n) is 9.75. The number of nitrogens with one attached hydrogen (secondary N) is 1. The van der Waals surface area contributed by atoms with Gasteiger partial charge >= 0.3 is 0 Å². The second-order valence-corrected chi connectivity index (χ2v) is 4.39. The summed E-state index contributed by atoms with van der Waals surface area (Å²) in [7, 11) is 0. The van der Waals surface area contributed by atoms with Gasteiger partial charge in [0.25, 0.3) is 0 Å². The van der Waals surface area contributed by atoms with E-state index in [0.717, 1.165) is 12.8 Å². The Morgan fingerprint density at radius 1 is 1.40 bits per heavy atom. The minimum atomic E-state index is 0.0108. The van der Waals surface area contributed by atoms with Crippen molar-refractivity contribution in [3.63, 3.8) is 0 Å². The topological polar surface area (TPSA) is 49.4 Å². The van der Waals surface area contributed by atoms with E-state index >= 15 is 0 Å². The Balaban J connectivity index is 2.22. The van der Waals surface area contributed by atoms with Crippen molar-refractivity contribution in [1.29, 1.82) is 0 Å². The Hall–Kier alpha value is -1.06. The first kappa shape index (κ1) is 12.0. The molecule has 0 aromatic carbocycles. The van der Waals surface area contributed by atoms with Crippen LogP contribution in [0.3, 0.4) is 0 Å². The van der Waals surface area contributed by atoms with Crippen LogP contribution in [-0.2, 0) is 9.59 Å². The molecule has 1 aliphatic carbocycles. The molecule has 0 spiro atoms. The number of amides is 2. The van der Waals surface area contributed by atoms with E-state index in [2.05, 4.69) is 5.32 Å². The summed E-state index contributed by atoms with van der Waals surface area (Å²) in [6.07, 6.45) is 2.22. The first-order valence-corrected chi connectivity index (χ1v) is 5.57. The number of carbonyl (C=O) groups is 2. The summed E-state index contributed by atoms with van der Waals surface area (Å²) >= 11 is 0. The predicted molar refractivity (Wildman–Crippen MR) is 58.3 cm³/mol. The van der Waals surface area contributed by atoms with Crippen molar-refractivity contribution < 1.29 is 9.59 Å². The van der Waals surface area contributed by atoms with Crippen LogP contribution >= 0.6 is 0 Å². The highest BCUT2D eigenvalue weighted by Crippen LogP contribution is 2.26. The van der Waals surface area contributed by atoms with E-state index in [1.165, 1.54) is 0 Å². The van der Waals surface area contributed by atoms with Gasteiger partial charge in [-0.25, -0.2) is 0 Å². The molecule has 1 saturated carbocycles. The summed E-state index contributed by atoms with van der Waals surface area (Å²) < 4.78 is 0. The SMILES string of the molecule is CC(=O)N(CCNC(=O)C(C)C)C1CC1.